The van der Waals surface area contributed by atoms with Crippen LogP contribution < -0.4 is 0 Å². The molecule has 1 atom stereocenters. The number of sulfone groups is 1. The van der Waals surface area contributed by atoms with Crippen LogP contribution >= 0.6 is 0 Å². The number of rotatable bonds is 3. The van der Waals surface area contributed by atoms with Crippen LogP contribution in [0.15, 0.2) is 34.1 Å². The monoisotopic (exact) mass is 305 g/mol. The maximum absolute atomic E-state index is 12.2. The van der Waals surface area contributed by atoms with Crippen molar-refractivity contribution in [1.82, 2.24) is 4.31 Å². The molecule has 6 nitrogen and oxygen atoms in total. The van der Waals surface area contributed by atoms with Crippen molar-refractivity contribution in [3.8, 4) is 0 Å². The van der Waals surface area contributed by atoms with Gasteiger partial charge in [-0.3, -0.25) is 0 Å². The normalized spacial score (nSPS) is 21.7. The summed E-state index contributed by atoms with van der Waals surface area (Å²) >= 11 is 0. The molecule has 1 aromatic rings. The molecule has 0 aliphatic carbocycles. The van der Waals surface area contributed by atoms with Gasteiger partial charge in [-0.15, -0.1) is 0 Å². The van der Waals surface area contributed by atoms with E-state index in [1.165, 1.54) is 28.6 Å². The van der Waals surface area contributed by atoms with Crippen molar-refractivity contribution in [2.45, 2.75) is 22.3 Å². The van der Waals surface area contributed by atoms with Crippen molar-refractivity contribution in [1.29, 1.82) is 0 Å². The van der Waals surface area contributed by atoms with Gasteiger partial charge in [0.25, 0.3) is 0 Å². The van der Waals surface area contributed by atoms with E-state index in [9.17, 15) is 21.9 Å². The fourth-order valence-corrected chi connectivity index (χ4v) is 4.06. The second-order valence-corrected chi connectivity index (χ2v) is 8.50. The Morgan fingerprint density at radius 1 is 1.11 bits per heavy atom. The second-order valence-electron chi connectivity index (χ2n) is 4.55. The molecule has 2 rings (SSSR count). The van der Waals surface area contributed by atoms with Gasteiger partial charge < -0.3 is 5.11 Å². The molecule has 1 fully saturated rings. The number of aliphatic hydroxyl groups is 1. The molecule has 8 heteroatoms. The summed E-state index contributed by atoms with van der Waals surface area (Å²) in [5.74, 6) is 0. The van der Waals surface area contributed by atoms with E-state index in [-0.39, 0.29) is 22.9 Å². The third kappa shape index (κ3) is 2.97. The summed E-state index contributed by atoms with van der Waals surface area (Å²) in [6.07, 6.45) is 0.846. The average molecular weight is 305 g/mol. The predicted molar refractivity (Wildman–Crippen MR) is 68.9 cm³/mol. The summed E-state index contributed by atoms with van der Waals surface area (Å²) in [4.78, 5) is 0.113. The van der Waals surface area contributed by atoms with E-state index in [1.807, 2.05) is 0 Å². The van der Waals surface area contributed by atoms with E-state index >= 15 is 0 Å². The standard InChI is InChI=1S/C11H15NO5S2/c1-18(14,15)10-2-4-11(5-3-10)19(16,17)12-7-6-9(13)8-12/h2-5,9,13H,6-8H2,1H3. The second kappa shape index (κ2) is 4.86. The van der Waals surface area contributed by atoms with Gasteiger partial charge in [0.05, 0.1) is 15.9 Å². The van der Waals surface area contributed by atoms with Crippen molar-refractivity contribution < 1.29 is 21.9 Å². The lowest BCUT2D eigenvalue weighted by Crippen LogP contribution is -2.29. The average Bonchev–Trinajstić information content (AvgIpc) is 2.76. The molecule has 0 amide bonds. The molecule has 1 aromatic carbocycles. The Kier molecular flexibility index (Phi) is 3.69. The van der Waals surface area contributed by atoms with Gasteiger partial charge in [0.1, 0.15) is 0 Å². The summed E-state index contributed by atoms with van der Waals surface area (Å²) < 4.78 is 48.2. The van der Waals surface area contributed by atoms with Gasteiger partial charge in [-0.1, -0.05) is 0 Å². The van der Waals surface area contributed by atoms with Gasteiger partial charge in [0.2, 0.25) is 10.0 Å². The molecule has 1 aliphatic rings. The minimum Gasteiger partial charge on any atom is -0.392 e. The first-order valence-electron chi connectivity index (χ1n) is 5.69. The lowest BCUT2D eigenvalue weighted by atomic mass is 10.3. The Hall–Kier alpha value is -0.960. The molecule has 1 aliphatic heterocycles. The fourth-order valence-electron chi connectivity index (χ4n) is 1.94. The quantitative estimate of drug-likeness (QED) is 0.838. The maximum Gasteiger partial charge on any atom is 0.243 e. The third-order valence-corrected chi connectivity index (χ3v) is 6.02. The van der Waals surface area contributed by atoms with Crippen molar-refractivity contribution in [3.63, 3.8) is 0 Å². The molecule has 0 saturated carbocycles. The van der Waals surface area contributed by atoms with Crippen molar-refractivity contribution >= 4 is 19.9 Å². The Morgan fingerprint density at radius 2 is 1.63 bits per heavy atom. The molecule has 0 aromatic heterocycles. The molecule has 0 spiro atoms. The summed E-state index contributed by atoms with van der Waals surface area (Å²) in [6.45, 7) is 0.355. The Bertz CT molecular complexity index is 664. The summed E-state index contributed by atoms with van der Waals surface area (Å²) in [5.41, 5.74) is 0. The van der Waals surface area contributed by atoms with Gasteiger partial charge in [-0.2, -0.15) is 4.31 Å². The molecule has 1 heterocycles. The minimum absolute atomic E-state index is 0.0361. The zero-order valence-electron chi connectivity index (χ0n) is 10.4. The Labute approximate surface area is 112 Å². The lowest BCUT2D eigenvalue weighted by molar-refractivity contribution is 0.189. The zero-order valence-corrected chi connectivity index (χ0v) is 12.0. The van der Waals surface area contributed by atoms with E-state index in [1.54, 1.807) is 0 Å². The highest BCUT2D eigenvalue weighted by Gasteiger charge is 2.31. The summed E-state index contributed by atoms with van der Waals surface area (Å²) in [6, 6.07) is 5.09. The van der Waals surface area contributed by atoms with Gasteiger partial charge in [-0.05, 0) is 30.7 Å². The van der Waals surface area contributed by atoms with E-state index in [0.717, 1.165) is 6.26 Å². The minimum atomic E-state index is -3.66. The summed E-state index contributed by atoms with van der Waals surface area (Å²) in [7, 11) is -7.00. The van der Waals surface area contributed by atoms with Crippen LogP contribution in [0.4, 0.5) is 0 Å². The fraction of sp³-hybridized carbons (Fsp3) is 0.455. The highest BCUT2D eigenvalue weighted by Crippen LogP contribution is 2.22. The number of benzene rings is 1. The number of sulfonamides is 1. The first-order chi connectivity index (χ1) is 8.71. The van der Waals surface area contributed by atoms with Crippen LogP contribution in [-0.4, -0.2) is 51.7 Å². The molecule has 1 saturated heterocycles. The Balaban J connectivity index is 2.32. The molecular formula is C11H15NO5S2. The third-order valence-electron chi connectivity index (χ3n) is 3.02. The number of nitrogens with zero attached hydrogens (tertiary/aromatic N) is 1. The lowest BCUT2D eigenvalue weighted by Gasteiger charge is -2.15. The molecule has 0 bridgehead atoms. The van der Waals surface area contributed by atoms with Crippen molar-refractivity contribution in [2.75, 3.05) is 19.3 Å². The van der Waals surface area contributed by atoms with E-state index in [0.29, 0.717) is 6.42 Å². The highest BCUT2D eigenvalue weighted by molar-refractivity contribution is 7.90. The van der Waals surface area contributed by atoms with E-state index in [4.69, 9.17) is 0 Å². The van der Waals surface area contributed by atoms with Gasteiger partial charge in [0.15, 0.2) is 9.84 Å². The topological polar surface area (TPSA) is 91.8 Å². The number of aliphatic hydroxyl groups excluding tert-OH is 1. The molecule has 1 unspecified atom stereocenters. The van der Waals surface area contributed by atoms with Gasteiger partial charge in [-0.25, -0.2) is 16.8 Å². The molecule has 19 heavy (non-hydrogen) atoms. The SMILES string of the molecule is CS(=O)(=O)c1ccc(S(=O)(=O)N2CCC(O)C2)cc1. The predicted octanol–water partition coefficient (Wildman–Crippen LogP) is -0.155. The highest BCUT2D eigenvalue weighted by atomic mass is 32.2. The van der Waals surface area contributed by atoms with Crippen LogP contribution in [0.3, 0.4) is 0 Å². The van der Waals surface area contributed by atoms with Crippen molar-refractivity contribution in [2.24, 2.45) is 0 Å². The van der Waals surface area contributed by atoms with Crippen LogP contribution in [0.2, 0.25) is 0 Å². The molecule has 106 valence electrons. The maximum atomic E-state index is 12.2. The van der Waals surface area contributed by atoms with Crippen LogP contribution in [0.1, 0.15) is 6.42 Å². The van der Waals surface area contributed by atoms with Gasteiger partial charge >= 0.3 is 0 Å². The molecule has 0 radical (unpaired) electrons. The van der Waals surface area contributed by atoms with Crippen LogP contribution in [0.5, 0.6) is 0 Å². The number of β-amino-alcohol motifs (C(OH)–C–C–N with tert-alkyl or cyclic N) is 1. The summed E-state index contributed by atoms with van der Waals surface area (Å²) in [5, 5.41) is 9.38. The van der Waals surface area contributed by atoms with E-state index < -0.39 is 26.0 Å². The number of hydrogen-bond acceptors (Lipinski definition) is 5. The Morgan fingerprint density at radius 3 is 2.05 bits per heavy atom. The van der Waals surface area contributed by atoms with Crippen LogP contribution in [0, 0.1) is 0 Å². The van der Waals surface area contributed by atoms with Crippen LogP contribution in [0.25, 0.3) is 0 Å². The van der Waals surface area contributed by atoms with Crippen molar-refractivity contribution in [3.05, 3.63) is 24.3 Å². The largest absolute Gasteiger partial charge is 0.392 e. The molecule has 1 N–H and O–H groups in total. The number of hydrogen-bond donors (Lipinski definition) is 1. The smallest absolute Gasteiger partial charge is 0.243 e. The van der Waals surface area contributed by atoms with Gasteiger partial charge in [0, 0.05) is 19.3 Å². The molecular weight excluding hydrogens is 290 g/mol. The van der Waals surface area contributed by atoms with Crippen LogP contribution in [-0.2, 0) is 19.9 Å². The first kappa shape index (κ1) is 14.4. The van der Waals surface area contributed by atoms with E-state index in [2.05, 4.69) is 0 Å². The zero-order chi connectivity index (χ0) is 14.3. The first-order valence-corrected chi connectivity index (χ1v) is 9.03.